The van der Waals surface area contributed by atoms with Crippen molar-refractivity contribution in [2.24, 2.45) is 0 Å². The molecule has 0 unspecified atom stereocenters. The van der Waals surface area contributed by atoms with Gasteiger partial charge in [-0.05, 0) is 18.6 Å². The fraction of sp³-hybridized carbons (Fsp3) is 0.333. The van der Waals surface area contributed by atoms with Gasteiger partial charge >= 0.3 is 0 Å². The molecule has 94 valence electrons. The van der Waals surface area contributed by atoms with E-state index >= 15 is 0 Å². The maximum Gasteiger partial charge on any atom is 0.269 e. The minimum Gasteiger partial charge on any atom is -0.339 e. The van der Waals surface area contributed by atoms with Gasteiger partial charge in [-0.1, -0.05) is 18.5 Å². The van der Waals surface area contributed by atoms with E-state index in [2.05, 4.69) is 17.1 Å². The van der Waals surface area contributed by atoms with Crippen LogP contribution in [-0.2, 0) is 6.42 Å². The largest absolute Gasteiger partial charge is 0.339 e. The van der Waals surface area contributed by atoms with Crippen molar-refractivity contribution in [2.45, 2.75) is 26.2 Å². The number of unbranched alkanes of at least 4 members (excludes halogenated alkanes) is 1. The molecule has 0 fully saturated rings. The van der Waals surface area contributed by atoms with E-state index in [1.807, 2.05) is 0 Å². The summed E-state index contributed by atoms with van der Waals surface area (Å²) in [4.78, 5) is 14.3. The van der Waals surface area contributed by atoms with Gasteiger partial charge in [-0.25, -0.2) is 0 Å². The van der Waals surface area contributed by atoms with E-state index in [1.165, 1.54) is 12.1 Å². The zero-order valence-corrected chi connectivity index (χ0v) is 10.00. The molecule has 6 heteroatoms. The summed E-state index contributed by atoms with van der Waals surface area (Å²) < 4.78 is 5.10. The monoisotopic (exact) mass is 247 g/mol. The molecule has 0 atom stereocenters. The number of benzene rings is 1. The summed E-state index contributed by atoms with van der Waals surface area (Å²) in [6, 6.07) is 6.09. The first kappa shape index (κ1) is 12.2. The summed E-state index contributed by atoms with van der Waals surface area (Å²) in [6.45, 7) is 2.09. The Labute approximate surface area is 104 Å². The Bertz CT molecular complexity index is 534. The fourth-order valence-corrected chi connectivity index (χ4v) is 1.53. The Morgan fingerprint density at radius 2 is 2.06 bits per heavy atom. The van der Waals surface area contributed by atoms with Gasteiger partial charge < -0.3 is 4.52 Å². The van der Waals surface area contributed by atoms with Crippen LogP contribution in [-0.4, -0.2) is 15.1 Å². The maximum absolute atomic E-state index is 10.5. The summed E-state index contributed by atoms with van der Waals surface area (Å²) in [5.41, 5.74) is 0.764. The third-order valence-electron chi connectivity index (χ3n) is 2.55. The average Bonchev–Trinajstić information content (AvgIpc) is 2.85. The highest BCUT2D eigenvalue weighted by atomic mass is 16.6. The van der Waals surface area contributed by atoms with Crippen molar-refractivity contribution in [1.29, 1.82) is 0 Å². The lowest BCUT2D eigenvalue weighted by molar-refractivity contribution is -0.384. The molecule has 2 aromatic rings. The van der Waals surface area contributed by atoms with Crippen LogP contribution < -0.4 is 0 Å². The number of aromatic nitrogens is 2. The van der Waals surface area contributed by atoms with Crippen LogP contribution in [0.25, 0.3) is 11.4 Å². The molecular weight excluding hydrogens is 234 g/mol. The van der Waals surface area contributed by atoms with E-state index in [-0.39, 0.29) is 5.69 Å². The molecule has 0 aliphatic heterocycles. The fourth-order valence-electron chi connectivity index (χ4n) is 1.53. The van der Waals surface area contributed by atoms with Crippen molar-refractivity contribution < 1.29 is 9.45 Å². The van der Waals surface area contributed by atoms with Crippen LogP contribution in [0.3, 0.4) is 0 Å². The molecule has 2 rings (SSSR count). The number of nitro groups is 1. The Hall–Kier alpha value is -2.24. The standard InChI is InChI=1S/C12H13N3O3/c1-2-3-4-11-13-12(14-18-11)9-5-7-10(8-6-9)15(16)17/h5-8H,2-4H2,1H3. The molecule has 0 aliphatic rings. The first-order valence-electron chi connectivity index (χ1n) is 5.78. The highest BCUT2D eigenvalue weighted by Gasteiger charge is 2.10. The second kappa shape index (κ2) is 5.39. The molecule has 0 aliphatic carbocycles. The topological polar surface area (TPSA) is 82.1 Å². The molecule has 1 aromatic carbocycles. The number of non-ortho nitro benzene ring substituents is 1. The van der Waals surface area contributed by atoms with Crippen LogP contribution in [0.4, 0.5) is 5.69 Å². The third kappa shape index (κ3) is 2.71. The smallest absolute Gasteiger partial charge is 0.269 e. The second-order valence-corrected chi connectivity index (χ2v) is 3.92. The predicted molar refractivity (Wildman–Crippen MR) is 65.0 cm³/mol. The number of nitrogens with zero attached hydrogens (tertiary/aromatic N) is 3. The number of aryl methyl sites for hydroxylation is 1. The van der Waals surface area contributed by atoms with Crippen molar-refractivity contribution in [3.63, 3.8) is 0 Å². The molecule has 0 amide bonds. The highest BCUT2D eigenvalue weighted by Crippen LogP contribution is 2.20. The zero-order chi connectivity index (χ0) is 13.0. The Balaban J connectivity index is 2.15. The van der Waals surface area contributed by atoms with Gasteiger partial charge in [0.1, 0.15) is 0 Å². The summed E-state index contributed by atoms with van der Waals surface area (Å²) in [5, 5.41) is 14.4. The summed E-state index contributed by atoms with van der Waals surface area (Å²) >= 11 is 0. The van der Waals surface area contributed by atoms with Gasteiger partial charge in [-0.2, -0.15) is 4.98 Å². The van der Waals surface area contributed by atoms with E-state index in [0.29, 0.717) is 17.3 Å². The lowest BCUT2D eigenvalue weighted by Crippen LogP contribution is -1.88. The molecule has 0 N–H and O–H groups in total. The van der Waals surface area contributed by atoms with Crippen LogP contribution in [0, 0.1) is 10.1 Å². The Morgan fingerprint density at radius 3 is 2.67 bits per heavy atom. The van der Waals surface area contributed by atoms with E-state index in [0.717, 1.165) is 19.3 Å². The summed E-state index contributed by atoms with van der Waals surface area (Å²) in [6.07, 6.45) is 2.83. The maximum atomic E-state index is 10.5. The van der Waals surface area contributed by atoms with Crippen molar-refractivity contribution in [3.05, 3.63) is 40.3 Å². The van der Waals surface area contributed by atoms with E-state index in [9.17, 15) is 10.1 Å². The molecule has 0 spiro atoms. The number of rotatable bonds is 5. The molecule has 0 radical (unpaired) electrons. The van der Waals surface area contributed by atoms with Crippen LogP contribution in [0.5, 0.6) is 0 Å². The minimum atomic E-state index is -0.438. The van der Waals surface area contributed by atoms with Gasteiger partial charge in [0, 0.05) is 24.1 Å². The molecule has 6 nitrogen and oxygen atoms in total. The van der Waals surface area contributed by atoms with E-state index in [4.69, 9.17) is 4.52 Å². The first-order chi connectivity index (χ1) is 8.70. The number of hydrogen-bond acceptors (Lipinski definition) is 5. The van der Waals surface area contributed by atoms with Gasteiger partial charge in [0.2, 0.25) is 11.7 Å². The predicted octanol–water partition coefficient (Wildman–Crippen LogP) is 2.99. The molecular formula is C12H13N3O3. The lowest BCUT2D eigenvalue weighted by atomic mass is 10.2. The average molecular weight is 247 g/mol. The zero-order valence-electron chi connectivity index (χ0n) is 10.00. The lowest BCUT2D eigenvalue weighted by Gasteiger charge is -1.93. The molecule has 0 saturated heterocycles. The van der Waals surface area contributed by atoms with Crippen LogP contribution in [0.15, 0.2) is 28.8 Å². The Morgan fingerprint density at radius 1 is 1.33 bits per heavy atom. The van der Waals surface area contributed by atoms with Crippen molar-refractivity contribution in [3.8, 4) is 11.4 Å². The number of nitro benzene ring substituents is 1. The summed E-state index contributed by atoms with van der Waals surface area (Å²) in [7, 11) is 0. The van der Waals surface area contributed by atoms with E-state index in [1.54, 1.807) is 12.1 Å². The van der Waals surface area contributed by atoms with E-state index < -0.39 is 4.92 Å². The van der Waals surface area contributed by atoms with Gasteiger partial charge in [0.15, 0.2) is 0 Å². The van der Waals surface area contributed by atoms with Crippen molar-refractivity contribution in [2.75, 3.05) is 0 Å². The molecule has 0 saturated carbocycles. The normalized spacial score (nSPS) is 10.5. The van der Waals surface area contributed by atoms with Gasteiger partial charge in [-0.15, -0.1) is 0 Å². The molecule has 1 aromatic heterocycles. The van der Waals surface area contributed by atoms with Gasteiger partial charge in [-0.3, -0.25) is 10.1 Å². The Kier molecular flexibility index (Phi) is 3.66. The SMILES string of the molecule is CCCCc1nc(-c2ccc([N+](=O)[O-])cc2)no1. The minimum absolute atomic E-state index is 0.0495. The van der Waals surface area contributed by atoms with Gasteiger partial charge in [0.25, 0.3) is 5.69 Å². The number of hydrogen-bond donors (Lipinski definition) is 0. The molecule has 18 heavy (non-hydrogen) atoms. The van der Waals surface area contributed by atoms with Crippen LogP contribution in [0.1, 0.15) is 25.7 Å². The van der Waals surface area contributed by atoms with Crippen LogP contribution in [0.2, 0.25) is 0 Å². The summed E-state index contributed by atoms with van der Waals surface area (Å²) in [5.74, 6) is 1.07. The second-order valence-electron chi connectivity index (χ2n) is 3.92. The van der Waals surface area contributed by atoms with Crippen molar-refractivity contribution in [1.82, 2.24) is 10.1 Å². The van der Waals surface area contributed by atoms with Gasteiger partial charge in [0.05, 0.1) is 4.92 Å². The van der Waals surface area contributed by atoms with Crippen LogP contribution >= 0.6 is 0 Å². The quantitative estimate of drug-likeness (QED) is 0.599. The third-order valence-corrected chi connectivity index (χ3v) is 2.55. The molecule has 1 heterocycles. The molecule has 0 bridgehead atoms. The first-order valence-corrected chi connectivity index (χ1v) is 5.78. The highest BCUT2D eigenvalue weighted by molar-refractivity contribution is 5.56. The van der Waals surface area contributed by atoms with Crippen molar-refractivity contribution >= 4 is 5.69 Å².